The smallest absolute Gasteiger partial charge is 1.00 e. The van der Waals surface area contributed by atoms with Crippen LogP contribution in [-0.4, -0.2) is 94.7 Å². The number of nitrogens with zero attached hydrogens (tertiary/aromatic N) is 2. The molecule has 5 aliphatic rings. The first-order chi connectivity index (χ1) is 61.3. The van der Waals surface area contributed by atoms with Gasteiger partial charge in [-0.25, -0.2) is 0 Å². The van der Waals surface area contributed by atoms with Gasteiger partial charge in [-0.2, -0.15) is 10.8 Å². The maximum Gasteiger partial charge on any atom is 1.00 e. The molecule has 3 saturated carbocycles. The fourth-order valence-electron chi connectivity index (χ4n) is 13.6. The van der Waals surface area contributed by atoms with Gasteiger partial charge in [0.15, 0.2) is 0 Å². The van der Waals surface area contributed by atoms with E-state index in [0.29, 0.717) is 31.4 Å². The third-order valence-corrected chi connectivity index (χ3v) is 26.7. The number of rotatable bonds is 16. The molecule has 29 heteroatoms. The number of aliphatic hydroxyl groups is 1. The summed E-state index contributed by atoms with van der Waals surface area (Å²) in [6, 6.07) is 59.3. The quantitative estimate of drug-likeness (QED) is 0.0207. The van der Waals surface area contributed by atoms with E-state index in [4.69, 9.17) is 52.1 Å². The Balaban J connectivity index is 0. The summed E-state index contributed by atoms with van der Waals surface area (Å²) in [6.45, 7) is 69.1. The first-order valence-corrected chi connectivity index (χ1v) is 59.3. The Bertz CT molecular complexity index is 4700. The molecule has 5 atom stereocenters. The molecule has 0 aromatic heterocycles. The molecule has 8 aromatic carbocycles. The number of benzene rings is 8. The Labute approximate surface area is 918 Å². The molecule has 0 spiro atoms. The van der Waals surface area contributed by atoms with Crippen LogP contribution in [0.15, 0.2) is 198 Å². The summed E-state index contributed by atoms with van der Waals surface area (Å²) in [5, 5.41) is 31.8. The van der Waals surface area contributed by atoms with Crippen molar-refractivity contribution in [2.45, 2.75) is 339 Å². The number of nitrogen functional groups attached to an aromatic ring is 1. The number of alkyl halides is 6. The Kier molecular flexibility index (Phi) is 62.6. The van der Waals surface area contributed by atoms with Gasteiger partial charge >= 0.3 is 68.6 Å². The van der Waals surface area contributed by atoms with E-state index in [0.717, 1.165) is 70.6 Å². The van der Waals surface area contributed by atoms with Crippen LogP contribution < -0.4 is 39.4 Å². The van der Waals surface area contributed by atoms with E-state index in [1.54, 1.807) is 24.6 Å². The van der Waals surface area contributed by atoms with Crippen LogP contribution in [0.5, 0.6) is 11.5 Å². The third kappa shape index (κ3) is 50.8. The van der Waals surface area contributed by atoms with E-state index in [1.807, 2.05) is 124 Å². The number of nitrogens with two attached hydrogens (primary N) is 1. The number of nitro benzene ring substituents is 2. The molecule has 13 rings (SSSR count). The molecule has 3 aliphatic carbocycles. The number of hydrogen-bond acceptors (Lipinski definition) is 12. The first kappa shape index (κ1) is 135. The molecule has 752 valence electrons. The first-order valence-electron chi connectivity index (χ1n) is 45.3. The number of halogens is 11. The summed E-state index contributed by atoms with van der Waals surface area (Å²) < 4.78 is 41.8. The topological polar surface area (TPSA) is 191 Å². The van der Waals surface area contributed by atoms with Gasteiger partial charge in [-0.3, -0.25) is 20.2 Å². The van der Waals surface area contributed by atoms with E-state index < -0.39 is 47.6 Å². The number of hydrogen-bond donors (Lipinski definition) is 3. The predicted molar refractivity (Wildman–Crippen MR) is 613 cm³/mol. The van der Waals surface area contributed by atoms with Gasteiger partial charge in [-0.1, -0.05) is 395 Å². The van der Waals surface area contributed by atoms with Gasteiger partial charge in [0.05, 0.1) is 36.5 Å². The number of unbranched alkanes of at least 4 members (excludes halogenated alkanes) is 1. The van der Waals surface area contributed by atoms with Gasteiger partial charge in [0, 0.05) is 55.9 Å². The Morgan fingerprint density at radius 3 is 1.21 bits per heavy atom. The normalized spacial score (nSPS) is 17.6. The van der Waals surface area contributed by atoms with Gasteiger partial charge in [0.25, 0.3) is 5.69 Å². The number of nitro groups is 2. The average Bonchev–Trinajstić information content (AvgIpc) is 1.58. The summed E-state index contributed by atoms with van der Waals surface area (Å²) >= 11 is 25.7. The van der Waals surface area contributed by atoms with Crippen molar-refractivity contribution in [3.8, 4) is 11.5 Å². The van der Waals surface area contributed by atoms with Crippen molar-refractivity contribution in [3.63, 3.8) is 0 Å². The molecular weight excluding hydrogens is 2380 g/mol. The van der Waals surface area contributed by atoms with E-state index in [-0.39, 0.29) is 103 Å². The molecule has 2 saturated heterocycles. The molecule has 136 heavy (non-hydrogen) atoms. The number of ether oxygens (including phenoxy) is 2. The summed E-state index contributed by atoms with van der Waals surface area (Å²) in [7, 11) is 9.34. The monoisotopic (exact) mass is 2530 g/mol. The molecule has 2 radical (unpaired) electrons. The minimum atomic E-state index is -0.826. The molecule has 5 fully saturated rings. The zero-order valence-corrected chi connectivity index (χ0v) is 102. The van der Waals surface area contributed by atoms with Crippen LogP contribution in [0.4, 0.5) is 32.8 Å². The van der Waals surface area contributed by atoms with Crippen LogP contribution in [0.25, 0.3) is 6.08 Å². The van der Waals surface area contributed by atoms with Crippen molar-refractivity contribution < 1.29 is 61.6 Å². The van der Waals surface area contributed by atoms with Gasteiger partial charge in [0.2, 0.25) is 5.82 Å². The molecule has 2 heterocycles. The van der Waals surface area contributed by atoms with Crippen molar-refractivity contribution in [3.05, 3.63) is 275 Å². The fourth-order valence-corrected chi connectivity index (χ4v) is 16.1. The molecular formula is C107H156B2Br8Cl2FLiN4O10Sn. The Morgan fingerprint density at radius 1 is 0.588 bits per heavy atom. The van der Waals surface area contributed by atoms with E-state index >= 15 is 0 Å². The molecule has 2 aliphatic heterocycles. The summed E-state index contributed by atoms with van der Waals surface area (Å²) in [5.74, 6) is 3.99. The van der Waals surface area contributed by atoms with Crippen LogP contribution >= 0.6 is 145 Å². The predicted octanol–water partition coefficient (Wildman–Crippen LogP) is 34.0. The van der Waals surface area contributed by atoms with Crippen molar-refractivity contribution in [1.29, 1.82) is 0 Å². The second-order valence-corrected chi connectivity index (χ2v) is 58.1. The van der Waals surface area contributed by atoms with Crippen molar-refractivity contribution in [2.24, 2.45) is 10.8 Å². The van der Waals surface area contributed by atoms with Crippen molar-refractivity contribution in [2.75, 3.05) is 17.7 Å². The zero-order valence-electron chi connectivity index (χ0n) is 84.6. The van der Waals surface area contributed by atoms with Crippen LogP contribution in [0.3, 0.4) is 0 Å². The van der Waals surface area contributed by atoms with Gasteiger partial charge in [0.1, 0.15) is 26.5 Å². The summed E-state index contributed by atoms with van der Waals surface area (Å²) in [6.07, 6.45) is 11.3. The largest absolute Gasteiger partial charge is 1.00 e. The fraction of sp³-hybridized carbons (Fsp3) is 0.523. The SMILES string of the molecule is BrC(Br)Br.C.C.C=Cc1ccc(C(C)(C)C)cc1.CC(C)(C)c1ccc([C@H]2CC2(Br)Br)cc1.CC(C)(C)c1ccc([C@H]2C[C@@H]2B2CC(C)(C)C(C)(C)C2)cc1.CC(C)(C)c1ccc([C@H]2C[C@@H]2Br)cc1.CC(C)OB1OC(C)(C)C(C)(C)O1.CC(C)Oc1ccc(N)cc1.CC(C)Oc1ccc(Nc2ccc(Br)cc2[N+](=O)[O-])cc1.CCO.O=[N+]([O-])c1cc(Br)ccc1F.[CH2-]CCC.[Cl][Sn][Cl].[Li+]. The number of aliphatic hydroxyl groups excluding tert-OH is 1. The van der Waals surface area contributed by atoms with Crippen LogP contribution in [0.2, 0.25) is 18.5 Å². The second-order valence-electron chi connectivity index (χ2n) is 40.6. The minimum absolute atomic E-state index is 0. The molecule has 4 N–H and O–H groups in total. The molecule has 14 nitrogen and oxygen atoms in total. The van der Waals surface area contributed by atoms with E-state index in [1.165, 1.54) is 89.4 Å². The number of nitrogens with one attached hydrogen (secondary N) is 1. The van der Waals surface area contributed by atoms with E-state index in [2.05, 4.69) is 361 Å². The van der Waals surface area contributed by atoms with Gasteiger partial charge in [-0.05, 0) is 257 Å². The molecule has 0 unspecified atom stereocenters. The van der Waals surface area contributed by atoms with E-state index in [9.17, 15) is 24.6 Å². The molecule has 0 amide bonds. The number of anilines is 3. The minimum Gasteiger partial charge on any atom is 1.00 e. The standard InChI is InChI=1S/C21H33B.C15H15BrN2O3.C13H16Br2.C13H17Br.C12H16.C9H19BO3.C9H13NO.C6H3BrFNO2.C4H9.C2H6O.CHBr3.2CH4.2ClH.Li.Sn/c1-19(2,3)16-10-8-15(9-11-16)17-12-18(17)22-13-20(4,5)21(6,7)14-22;1-10(2)21-13-6-4-12(5-7-13)17-14-8-3-11(16)9-15(14)18(19)20;1-12(2,3)10-6-4-9(5-7-10)11-8-13(11,14)15;1-13(2,3)10-6-4-9(5-7-10)11-8-12(11)14;1-5-10-6-8-11(9-7-10)12(2,3)4;1-7(2)11-10-12-8(3,4)9(5,6)13-10;1-7(2)11-9-5-3-8(10)4-6-9;7-4-1-2-5(8)6(3-4)9(10)11;1-3-4-2;1-2-3;2-1(3)4;;;;;;/h8-11,17-18H,12-14H2,1-7H3;3-10,17H,1-2H3;4-7,11H,8H2,1-3H3;4-7,11-12H,8H2,1-3H3;5-9H,1H2,2-4H3;7H,1-6H3;3-7H,10H2,1-2H3;1-3H;1,3-4H2,2H3;3H,2H2,1H3;1H;2*1H4;2*1H;;/q;;;;;;;;-1;;;;;;;+1;+2/p-2/t17-,18+;;11-;11-,12+;;;;;;;;;;;;;/m1.11............./s1. The Hall–Kier alpha value is -2.78. The maximum atomic E-state index is 12.6. The molecule has 0 bridgehead atoms. The zero-order chi connectivity index (χ0) is 102. The molecule has 8 aromatic rings. The van der Waals surface area contributed by atoms with Crippen molar-refractivity contribution in [1.82, 2.24) is 0 Å². The third-order valence-electron chi connectivity index (χ3n) is 22.9. The summed E-state index contributed by atoms with van der Waals surface area (Å²) in [4.78, 5) is 20.7. The Morgan fingerprint density at radius 2 is 0.912 bits per heavy atom. The van der Waals surface area contributed by atoms with Crippen LogP contribution in [0.1, 0.15) is 303 Å². The van der Waals surface area contributed by atoms with Crippen LogP contribution in [-0.2, 0) is 35.6 Å². The van der Waals surface area contributed by atoms with Gasteiger partial charge < -0.3 is 46.5 Å². The van der Waals surface area contributed by atoms with Crippen molar-refractivity contribution >= 4 is 213 Å². The second kappa shape index (κ2) is 62.9. The van der Waals surface area contributed by atoms with Crippen LogP contribution in [0, 0.1) is 43.8 Å². The van der Waals surface area contributed by atoms with Gasteiger partial charge in [-0.15, -0.1) is 0 Å². The maximum absolute atomic E-state index is 12.6. The average molecular weight is 2530 g/mol. The summed E-state index contributed by atoms with van der Waals surface area (Å²) in [5.41, 5.74) is 19.8.